The molecule has 0 amide bonds. The van der Waals surface area contributed by atoms with E-state index < -0.39 is 0 Å². The maximum atomic E-state index is 6.36. The van der Waals surface area contributed by atoms with Crippen LogP contribution >= 0.6 is 24.0 Å². The topological polar surface area (TPSA) is 58.1 Å². The zero-order chi connectivity index (χ0) is 21.2. The molecule has 0 aromatic heterocycles. The van der Waals surface area contributed by atoms with Crippen LogP contribution in [-0.2, 0) is 6.54 Å². The Morgan fingerprint density at radius 2 is 1.87 bits per heavy atom. The molecule has 2 aliphatic rings. The van der Waals surface area contributed by atoms with Crippen LogP contribution in [0.1, 0.15) is 64.4 Å². The van der Waals surface area contributed by atoms with E-state index in [9.17, 15) is 0 Å². The lowest BCUT2D eigenvalue weighted by molar-refractivity contribution is 0.198. The van der Waals surface area contributed by atoms with Crippen molar-refractivity contribution >= 4 is 29.9 Å². The number of ether oxygens (including phenoxy) is 2. The van der Waals surface area contributed by atoms with Gasteiger partial charge in [0.05, 0.1) is 19.8 Å². The zero-order valence-electron chi connectivity index (χ0n) is 19.5. The molecular formula is C24H41IN4O2. The lowest BCUT2D eigenvalue weighted by Gasteiger charge is -2.32. The van der Waals surface area contributed by atoms with Crippen molar-refractivity contribution in [3.05, 3.63) is 23.8 Å². The highest BCUT2D eigenvalue weighted by Crippen LogP contribution is 2.35. The summed E-state index contributed by atoms with van der Waals surface area (Å²) in [7, 11) is 1.71. The predicted octanol–water partition coefficient (Wildman–Crippen LogP) is 4.56. The van der Waals surface area contributed by atoms with Crippen LogP contribution in [0.15, 0.2) is 23.2 Å². The molecule has 7 heteroatoms. The van der Waals surface area contributed by atoms with Crippen molar-refractivity contribution in [3.8, 4) is 11.5 Å². The van der Waals surface area contributed by atoms with Gasteiger partial charge in [0.25, 0.3) is 0 Å². The Bertz CT molecular complexity index is 672. The second-order valence-corrected chi connectivity index (χ2v) is 8.43. The molecule has 0 radical (unpaired) electrons. The summed E-state index contributed by atoms with van der Waals surface area (Å²) in [4.78, 5) is 7.45. The predicted molar refractivity (Wildman–Crippen MR) is 139 cm³/mol. The maximum absolute atomic E-state index is 6.36. The number of rotatable bonds is 9. The van der Waals surface area contributed by atoms with Crippen molar-refractivity contribution in [1.82, 2.24) is 15.5 Å². The maximum Gasteiger partial charge on any atom is 0.191 e. The Morgan fingerprint density at radius 3 is 2.52 bits per heavy atom. The van der Waals surface area contributed by atoms with Crippen molar-refractivity contribution in [2.24, 2.45) is 4.99 Å². The molecule has 1 heterocycles. The average Bonchev–Trinajstić information content (AvgIpc) is 3.27. The number of hydrogen-bond donors (Lipinski definition) is 2. The molecule has 6 nitrogen and oxygen atoms in total. The lowest BCUT2D eigenvalue weighted by atomic mass is 10.1. The summed E-state index contributed by atoms with van der Waals surface area (Å²) in [6.45, 7) is 9.33. The number of aliphatic imine (C=N–C) groups is 1. The second-order valence-electron chi connectivity index (χ2n) is 8.43. The molecule has 0 unspecified atom stereocenters. The van der Waals surface area contributed by atoms with Crippen LogP contribution in [0.5, 0.6) is 11.5 Å². The molecule has 3 rings (SSSR count). The molecule has 1 saturated heterocycles. The van der Waals surface area contributed by atoms with Gasteiger partial charge >= 0.3 is 0 Å². The molecule has 1 saturated carbocycles. The fourth-order valence-electron chi connectivity index (χ4n) is 4.45. The third-order valence-corrected chi connectivity index (χ3v) is 6.09. The van der Waals surface area contributed by atoms with Crippen molar-refractivity contribution < 1.29 is 9.47 Å². The van der Waals surface area contributed by atoms with Crippen molar-refractivity contribution in [2.75, 3.05) is 33.3 Å². The summed E-state index contributed by atoms with van der Waals surface area (Å²) in [6.07, 6.45) is 8.61. The largest absolute Gasteiger partial charge is 0.493 e. The van der Waals surface area contributed by atoms with E-state index in [2.05, 4.69) is 35.4 Å². The summed E-state index contributed by atoms with van der Waals surface area (Å²) >= 11 is 0. The van der Waals surface area contributed by atoms with E-state index in [0.717, 1.165) is 42.4 Å². The number of hydrogen-bond acceptors (Lipinski definition) is 4. The van der Waals surface area contributed by atoms with Crippen LogP contribution in [-0.4, -0.2) is 56.3 Å². The van der Waals surface area contributed by atoms with Crippen LogP contribution < -0.4 is 20.1 Å². The highest BCUT2D eigenvalue weighted by atomic mass is 127. The Balaban J connectivity index is 0.00000341. The van der Waals surface area contributed by atoms with Gasteiger partial charge in [-0.25, -0.2) is 4.99 Å². The minimum absolute atomic E-state index is 0. The van der Waals surface area contributed by atoms with E-state index in [1.54, 1.807) is 7.11 Å². The molecule has 176 valence electrons. The summed E-state index contributed by atoms with van der Waals surface area (Å²) < 4.78 is 12.0. The third kappa shape index (κ3) is 8.00. The van der Waals surface area contributed by atoms with Gasteiger partial charge in [-0.3, -0.25) is 0 Å². The second kappa shape index (κ2) is 14.0. The molecule has 0 atom stereocenters. The van der Waals surface area contributed by atoms with Gasteiger partial charge in [-0.05, 0) is 64.5 Å². The third-order valence-electron chi connectivity index (χ3n) is 6.09. The van der Waals surface area contributed by atoms with E-state index in [4.69, 9.17) is 14.5 Å². The zero-order valence-corrected chi connectivity index (χ0v) is 21.8. The van der Waals surface area contributed by atoms with Gasteiger partial charge in [0.2, 0.25) is 0 Å². The van der Waals surface area contributed by atoms with E-state index in [-0.39, 0.29) is 24.0 Å². The molecule has 2 fully saturated rings. The lowest BCUT2D eigenvalue weighted by Crippen LogP contribution is -2.48. The van der Waals surface area contributed by atoms with Crippen LogP contribution in [0.2, 0.25) is 0 Å². The number of nitrogens with one attached hydrogen (secondary N) is 2. The first kappa shape index (κ1) is 26.0. The fourth-order valence-corrected chi connectivity index (χ4v) is 4.45. The molecule has 1 aliphatic carbocycles. The summed E-state index contributed by atoms with van der Waals surface area (Å²) in [5, 5.41) is 7.06. The Labute approximate surface area is 205 Å². The standard InChI is InChI=1S/C24H40N4O2.HI/c1-4-15-28-16-13-20(14-17-28)27-24(25-5-2)26-18-19-9-8-12-22(29-3)23(19)30-21-10-6-7-11-21;/h8-9,12,20-21H,4-7,10-11,13-18H2,1-3H3,(H2,25,26,27);1H. The van der Waals surface area contributed by atoms with Crippen LogP contribution in [0, 0.1) is 0 Å². The van der Waals surface area contributed by atoms with Gasteiger partial charge in [-0.2, -0.15) is 0 Å². The number of likely N-dealkylation sites (tertiary alicyclic amines) is 1. The quantitative estimate of drug-likeness (QED) is 0.271. The number of nitrogens with zero attached hydrogens (tertiary/aromatic N) is 2. The minimum atomic E-state index is 0. The number of guanidine groups is 1. The Hall–Kier alpha value is -1.22. The molecule has 1 aliphatic heterocycles. The average molecular weight is 545 g/mol. The number of piperidine rings is 1. The molecule has 1 aromatic carbocycles. The number of benzene rings is 1. The smallest absolute Gasteiger partial charge is 0.191 e. The van der Waals surface area contributed by atoms with Gasteiger partial charge < -0.3 is 25.0 Å². The molecule has 0 bridgehead atoms. The van der Waals surface area contributed by atoms with Gasteiger partial charge in [0.15, 0.2) is 17.5 Å². The first-order valence-corrected chi connectivity index (χ1v) is 11.8. The molecular weight excluding hydrogens is 503 g/mol. The molecule has 1 aromatic rings. The first-order chi connectivity index (χ1) is 14.7. The number of methoxy groups -OCH3 is 1. The van der Waals surface area contributed by atoms with E-state index in [1.165, 1.54) is 51.7 Å². The van der Waals surface area contributed by atoms with E-state index >= 15 is 0 Å². The van der Waals surface area contributed by atoms with Crippen molar-refractivity contribution in [1.29, 1.82) is 0 Å². The van der Waals surface area contributed by atoms with Gasteiger partial charge in [0, 0.05) is 31.2 Å². The normalized spacial score (nSPS) is 18.5. The summed E-state index contributed by atoms with van der Waals surface area (Å²) in [5.41, 5.74) is 1.08. The highest BCUT2D eigenvalue weighted by Gasteiger charge is 2.21. The molecule has 0 spiro atoms. The van der Waals surface area contributed by atoms with Gasteiger partial charge in [0.1, 0.15) is 0 Å². The monoisotopic (exact) mass is 544 g/mol. The SMILES string of the molecule is CCCN1CCC(NC(=NCc2cccc(OC)c2OC2CCCC2)NCC)CC1.I. The van der Waals surface area contributed by atoms with Crippen molar-refractivity contribution in [2.45, 2.75) is 77.5 Å². The highest BCUT2D eigenvalue weighted by molar-refractivity contribution is 14.0. The number of halogens is 1. The molecule has 31 heavy (non-hydrogen) atoms. The number of para-hydroxylation sites is 1. The van der Waals surface area contributed by atoms with Crippen LogP contribution in [0.3, 0.4) is 0 Å². The van der Waals surface area contributed by atoms with Crippen LogP contribution in [0.4, 0.5) is 0 Å². The minimum Gasteiger partial charge on any atom is -0.493 e. The van der Waals surface area contributed by atoms with Gasteiger partial charge in [-0.1, -0.05) is 19.1 Å². The van der Waals surface area contributed by atoms with Gasteiger partial charge in [-0.15, -0.1) is 24.0 Å². The fraction of sp³-hybridized carbons (Fsp3) is 0.708. The van der Waals surface area contributed by atoms with E-state index in [0.29, 0.717) is 18.7 Å². The first-order valence-electron chi connectivity index (χ1n) is 11.8. The molecule has 2 N–H and O–H groups in total. The van der Waals surface area contributed by atoms with Crippen molar-refractivity contribution in [3.63, 3.8) is 0 Å². The van der Waals surface area contributed by atoms with Crippen LogP contribution in [0.25, 0.3) is 0 Å². The summed E-state index contributed by atoms with van der Waals surface area (Å²) in [5.74, 6) is 2.55. The van der Waals surface area contributed by atoms with E-state index in [1.807, 2.05) is 12.1 Å². The Morgan fingerprint density at radius 1 is 1.13 bits per heavy atom. The summed E-state index contributed by atoms with van der Waals surface area (Å²) in [6, 6.07) is 6.58. The Kier molecular flexibility index (Phi) is 11.8.